The van der Waals surface area contributed by atoms with Gasteiger partial charge in [0.25, 0.3) is 5.91 Å². The van der Waals surface area contributed by atoms with Crippen molar-refractivity contribution in [2.75, 3.05) is 19.6 Å². The molecule has 0 unspecified atom stereocenters. The van der Waals surface area contributed by atoms with E-state index in [0.717, 1.165) is 29.3 Å². The van der Waals surface area contributed by atoms with Crippen molar-refractivity contribution >= 4 is 17.2 Å². The predicted octanol–water partition coefficient (Wildman–Crippen LogP) is 3.73. The summed E-state index contributed by atoms with van der Waals surface area (Å²) in [7, 11) is 0. The van der Waals surface area contributed by atoms with E-state index in [9.17, 15) is 4.79 Å². The predicted molar refractivity (Wildman–Crippen MR) is 117 cm³/mol. The average molecular weight is 410 g/mol. The molecule has 152 valence electrons. The van der Waals surface area contributed by atoms with Crippen LogP contribution < -0.4 is 5.32 Å². The Morgan fingerprint density at radius 1 is 1.24 bits per heavy atom. The molecule has 0 radical (unpaired) electrons. The summed E-state index contributed by atoms with van der Waals surface area (Å²) in [6.07, 6.45) is 3.77. The van der Waals surface area contributed by atoms with Crippen LogP contribution in [-0.4, -0.2) is 51.2 Å². The first-order chi connectivity index (χ1) is 13.8. The van der Waals surface area contributed by atoms with Gasteiger partial charge in [0.2, 0.25) is 0 Å². The Morgan fingerprint density at radius 3 is 2.69 bits per heavy atom. The number of nitrogens with one attached hydrogen (secondary N) is 1. The van der Waals surface area contributed by atoms with Gasteiger partial charge in [0.15, 0.2) is 0 Å². The van der Waals surface area contributed by atoms with Gasteiger partial charge < -0.3 is 10.2 Å². The van der Waals surface area contributed by atoms with Crippen LogP contribution in [0.4, 0.5) is 0 Å². The molecule has 1 aliphatic heterocycles. The van der Waals surface area contributed by atoms with Crippen LogP contribution >= 0.6 is 11.3 Å². The minimum absolute atomic E-state index is 0.00557. The highest BCUT2D eigenvalue weighted by Crippen LogP contribution is 2.26. The third kappa shape index (κ3) is 4.26. The first-order valence-electron chi connectivity index (χ1n) is 9.95. The quantitative estimate of drug-likeness (QED) is 0.716. The van der Waals surface area contributed by atoms with Crippen LogP contribution in [0.2, 0.25) is 0 Å². The number of amides is 1. The molecule has 0 aliphatic carbocycles. The molecule has 4 rings (SSSR count). The van der Waals surface area contributed by atoms with Gasteiger partial charge in [-0.1, -0.05) is 32.9 Å². The standard InChI is InChI=1S/C22H27N5OS/c1-15-12-26(10-9-23-15)21(28)19-14-29-20(25-19)16-11-24-27(13-16)18-7-5-17(6-8-18)22(2,3)4/h5-8,11,13-15,23H,9-10,12H2,1-4H3/t15-/m0/s1. The van der Waals surface area contributed by atoms with Gasteiger partial charge in [0.1, 0.15) is 10.7 Å². The summed E-state index contributed by atoms with van der Waals surface area (Å²) in [6.45, 7) is 11.0. The fraction of sp³-hybridized carbons (Fsp3) is 0.409. The zero-order chi connectivity index (χ0) is 20.6. The van der Waals surface area contributed by atoms with Crippen LogP contribution in [0.25, 0.3) is 16.3 Å². The molecule has 3 aromatic rings. The lowest BCUT2D eigenvalue weighted by Gasteiger charge is -2.31. The molecule has 1 saturated heterocycles. The molecule has 6 nitrogen and oxygen atoms in total. The number of benzene rings is 1. The van der Waals surface area contributed by atoms with Gasteiger partial charge in [-0.25, -0.2) is 9.67 Å². The fourth-order valence-corrected chi connectivity index (χ4v) is 4.24. The van der Waals surface area contributed by atoms with E-state index >= 15 is 0 Å². The number of nitrogens with zero attached hydrogens (tertiary/aromatic N) is 4. The highest BCUT2D eigenvalue weighted by Gasteiger charge is 2.24. The number of carbonyl (C=O) groups excluding carboxylic acids is 1. The van der Waals surface area contributed by atoms with Crippen LogP contribution in [0.5, 0.6) is 0 Å². The summed E-state index contributed by atoms with van der Waals surface area (Å²) in [5, 5.41) is 10.5. The van der Waals surface area contributed by atoms with E-state index in [1.165, 1.54) is 16.9 Å². The van der Waals surface area contributed by atoms with Crippen molar-refractivity contribution in [2.24, 2.45) is 0 Å². The highest BCUT2D eigenvalue weighted by molar-refractivity contribution is 7.13. The molecule has 3 heterocycles. The Hall–Kier alpha value is -2.51. The molecule has 1 aromatic carbocycles. The van der Waals surface area contributed by atoms with E-state index in [-0.39, 0.29) is 11.3 Å². The summed E-state index contributed by atoms with van der Waals surface area (Å²) in [4.78, 5) is 19.2. The fourth-order valence-electron chi connectivity index (χ4n) is 3.47. The van der Waals surface area contributed by atoms with Gasteiger partial charge in [0, 0.05) is 42.8 Å². The number of piperazine rings is 1. The lowest BCUT2D eigenvalue weighted by atomic mass is 9.87. The SMILES string of the molecule is C[C@H]1CN(C(=O)c2csc(-c3cnn(-c4ccc(C(C)(C)C)cc4)c3)n2)CCN1. The van der Waals surface area contributed by atoms with E-state index in [1.54, 1.807) is 6.20 Å². The number of rotatable bonds is 3. The number of aromatic nitrogens is 3. The smallest absolute Gasteiger partial charge is 0.273 e. The molecule has 0 spiro atoms. The molecule has 1 amide bonds. The Bertz CT molecular complexity index is 999. The van der Waals surface area contributed by atoms with Crippen LogP contribution in [0.1, 0.15) is 43.7 Å². The molecule has 0 saturated carbocycles. The van der Waals surface area contributed by atoms with Gasteiger partial charge >= 0.3 is 0 Å². The second-order valence-electron chi connectivity index (χ2n) is 8.61. The number of carbonyl (C=O) groups is 1. The second-order valence-corrected chi connectivity index (χ2v) is 9.47. The molecule has 1 atom stereocenters. The molecule has 1 fully saturated rings. The minimum Gasteiger partial charge on any atom is -0.334 e. The molecule has 1 N–H and O–H groups in total. The first kappa shape index (κ1) is 19.8. The van der Waals surface area contributed by atoms with Crippen molar-refractivity contribution in [1.29, 1.82) is 0 Å². The van der Waals surface area contributed by atoms with Gasteiger partial charge in [-0.15, -0.1) is 11.3 Å². The minimum atomic E-state index is 0.00557. The molecular formula is C22H27N5OS. The summed E-state index contributed by atoms with van der Waals surface area (Å²) < 4.78 is 1.85. The van der Waals surface area contributed by atoms with E-state index in [2.05, 4.69) is 67.4 Å². The molecule has 0 bridgehead atoms. The van der Waals surface area contributed by atoms with Crippen molar-refractivity contribution in [2.45, 2.75) is 39.2 Å². The Morgan fingerprint density at radius 2 is 2.00 bits per heavy atom. The lowest BCUT2D eigenvalue weighted by Crippen LogP contribution is -2.51. The second kappa shape index (κ2) is 7.72. The molecule has 2 aromatic heterocycles. The maximum absolute atomic E-state index is 12.8. The monoisotopic (exact) mass is 409 g/mol. The van der Waals surface area contributed by atoms with Crippen LogP contribution in [0, 0.1) is 0 Å². The zero-order valence-corrected chi connectivity index (χ0v) is 18.2. The average Bonchev–Trinajstić information content (AvgIpc) is 3.36. The van der Waals surface area contributed by atoms with Crippen LogP contribution in [0.15, 0.2) is 42.0 Å². The normalized spacial score (nSPS) is 17.5. The van der Waals surface area contributed by atoms with E-state index < -0.39 is 0 Å². The van der Waals surface area contributed by atoms with Crippen molar-refractivity contribution in [3.05, 3.63) is 53.3 Å². The van der Waals surface area contributed by atoms with Gasteiger partial charge in [0.05, 0.1) is 11.9 Å². The van der Waals surface area contributed by atoms with Gasteiger partial charge in [-0.05, 0) is 30.0 Å². The Labute approximate surface area is 175 Å². The van der Waals surface area contributed by atoms with Crippen molar-refractivity contribution in [1.82, 2.24) is 25.0 Å². The van der Waals surface area contributed by atoms with Gasteiger partial charge in [-0.3, -0.25) is 4.79 Å². The third-order valence-corrected chi connectivity index (χ3v) is 6.10. The van der Waals surface area contributed by atoms with Crippen LogP contribution in [0.3, 0.4) is 0 Å². The van der Waals surface area contributed by atoms with Crippen molar-refractivity contribution in [3.63, 3.8) is 0 Å². The molecule has 29 heavy (non-hydrogen) atoms. The number of hydrogen-bond acceptors (Lipinski definition) is 5. The van der Waals surface area contributed by atoms with Crippen molar-refractivity contribution < 1.29 is 4.79 Å². The molecular weight excluding hydrogens is 382 g/mol. The molecule has 7 heteroatoms. The van der Waals surface area contributed by atoms with Gasteiger partial charge in [-0.2, -0.15) is 5.10 Å². The largest absolute Gasteiger partial charge is 0.334 e. The Balaban J connectivity index is 1.51. The summed E-state index contributed by atoms with van der Waals surface area (Å²) in [5.74, 6) is 0.00557. The topological polar surface area (TPSA) is 63.1 Å². The molecule has 1 aliphatic rings. The maximum Gasteiger partial charge on any atom is 0.273 e. The third-order valence-electron chi connectivity index (χ3n) is 5.21. The van der Waals surface area contributed by atoms with Crippen molar-refractivity contribution in [3.8, 4) is 16.3 Å². The summed E-state index contributed by atoms with van der Waals surface area (Å²) >= 11 is 1.48. The summed E-state index contributed by atoms with van der Waals surface area (Å²) in [6, 6.07) is 8.77. The van der Waals surface area contributed by atoms with Crippen LogP contribution in [-0.2, 0) is 5.41 Å². The van der Waals surface area contributed by atoms with E-state index in [1.807, 2.05) is 21.2 Å². The zero-order valence-electron chi connectivity index (χ0n) is 17.3. The summed E-state index contributed by atoms with van der Waals surface area (Å²) in [5.41, 5.74) is 3.86. The Kier molecular flexibility index (Phi) is 5.27. The maximum atomic E-state index is 12.8. The highest BCUT2D eigenvalue weighted by atomic mass is 32.1. The first-order valence-corrected chi connectivity index (χ1v) is 10.8. The van der Waals surface area contributed by atoms with E-state index in [4.69, 9.17) is 0 Å². The lowest BCUT2D eigenvalue weighted by molar-refractivity contribution is 0.0704. The number of thiazole rings is 1. The van der Waals surface area contributed by atoms with E-state index in [0.29, 0.717) is 18.3 Å². The number of hydrogen-bond donors (Lipinski definition) is 1.